The fourth-order valence-corrected chi connectivity index (χ4v) is 2.91. The lowest BCUT2D eigenvalue weighted by Gasteiger charge is -2.22. The molecule has 0 spiro atoms. The molecular weight excluding hydrogens is 248 g/mol. The van der Waals surface area contributed by atoms with Crippen LogP contribution < -0.4 is 0 Å². The van der Waals surface area contributed by atoms with Crippen LogP contribution in [-0.2, 0) is 13.8 Å². The Balaban J connectivity index is 2.30. The second-order valence-corrected chi connectivity index (χ2v) is 5.92. The smallest absolute Gasteiger partial charge is 0.238 e. The third-order valence-electron chi connectivity index (χ3n) is 3.33. The summed E-state index contributed by atoms with van der Waals surface area (Å²) in [4.78, 5) is 3.24. The summed E-state index contributed by atoms with van der Waals surface area (Å²) in [5, 5.41) is 0. The van der Waals surface area contributed by atoms with Crippen LogP contribution in [-0.4, -0.2) is 46.4 Å². The zero-order valence-electron chi connectivity index (χ0n) is 11.3. The molecule has 0 bridgehead atoms. The highest BCUT2D eigenvalue weighted by atomic mass is 31.2. The standard InChI is InChI=1S/C12H21BNO3P/c1-5-11-10(9(2)12(13)17-11)8-16-18(4)15-7-6-14-3/h9-12H,5-8H2,1-2,4H3/t9-,10?,11+,12+,18?/m0/s1. The van der Waals surface area contributed by atoms with E-state index in [9.17, 15) is 0 Å². The van der Waals surface area contributed by atoms with Gasteiger partial charge in [0.15, 0.2) is 8.38 Å². The van der Waals surface area contributed by atoms with Crippen LogP contribution >= 0.6 is 8.38 Å². The molecule has 1 fully saturated rings. The Morgan fingerprint density at radius 3 is 2.78 bits per heavy atom. The molecule has 1 saturated heterocycles. The third-order valence-corrected chi connectivity index (χ3v) is 4.39. The van der Waals surface area contributed by atoms with Crippen molar-refractivity contribution < 1.29 is 13.8 Å². The first kappa shape index (κ1) is 15.9. The Bertz CT molecular complexity index is 287. The van der Waals surface area contributed by atoms with E-state index >= 15 is 0 Å². The molecule has 1 rings (SSSR count). The van der Waals surface area contributed by atoms with Crippen molar-refractivity contribution in [1.29, 1.82) is 0 Å². The van der Waals surface area contributed by atoms with Gasteiger partial charge in [0.2, 0.25) is 6.54 Å². The van der Waals surface area contributed by atoms with Crippen molar-refractivity contribution >= 4 is 16.2 Å². The van der Waals surface area contributed by atoms with E-state index in [0.29, 0.717) is 31.6 Å². The highest BCUT2D eigenvalue weighted by Gasteiger charge is 2.38. The van der Waals surface area contributed by atoms with E-state index in [2.05, 4.69) is 18.7 Å². The zero-order valence-corrected chi connectivity index (χ0v) is 12.2. The van der Waals surface area contributed by atoms with Crippen LogP contribution in [0.5, 0.6) is 0 Å². The minimum absolute atomic E-state index is 0.182. The fraction of sp³-hybridized carbons (Fsp3) is 0.917. The summed E-state index contributed by atoms with van der Waals surface area (Å²) in [5.41, 5.74) is 0. The van der Waals surface area contributed by atoms with E-state index in [4.69, 9.17) is 28.2 Å². The maximum absolute atomic E-state index is 6.67. The highest BCUT2D eigenvalue weighted by molar-refractivity contribution is 7.46. The van der Waals surface area contributed by atoms with Gasteiger partial charge >= 0.3 is 0 Å². The van der Waals surface area contributed by atoms with Crippen LogP contribution in [0.3, 0.4) is 0 Å². The molecule has 1 heterocycles. The largest absolute Gasteiger partial charge is 0.384 e. The summed E-state index contributed by atoms with van der Waals surface area (Å²) in [7, 11) is 5.00. The number of hydrogen-bond acceptors (Lipinski definition) is 3. The van der Waals surface area contributed by atoms with E-state index < -0.39 is 8.38 Å². The molecular formula is C12H21BNO3P. The van der Waals surface area contributed by atoms with Gasteiger partial charge in [-0.15, -0.1) is 0 Å². The van der Waals surface area contributed by atoms with Crippen molar-refractivity contribution in [3.8, 4) is 0 Å². The summed E-state index contributed by atoms with van der Waals surface area (Å²) in [6.45, 7) is 14.2. The molecule has 0 aliphatic carbocycles. The average molecular weight is 269 g/mol. The lowest BCUT2D eigenvalue weighted by molar-refractivity contribution is 0.0576. The average Bonchev–Trinajstić information content (AvgIpc) is 2.63. The summed E-state index contributed by atoms with van der Waals surface area (Å²) >= 11 is 0. The molecule has 0 aromatic rings. The molecule has 0 saturated carbocycles. The minimum Gasteiger partial charge on any atom is -0.384 e. The van der Waals surface area contributed by atoms with Crippen molar-refractivity contribution in [2.45, 2.75) is 32.4 Å². The molecule has 0 N–H and O–H groups in total. The third kappa shape index (κ3) is 4.51. The van der Waals surface area contributed by atoms with Crippen molar-refractivity contribution in [3.63, 3.8) is 0 Å². The molecule has 2 unspecified atom stereocenters. The summed E-state index contributed by atoms with van der Waals surface area (Å²) in [5.74, 6) is 0.640. The molecule has 4 nitrogen and oxygen atoms in total. The maximum Gasteiger partial charge on any atom is 0.238 e. The van der Waals surface area contributed by atoms with Crippen LogP contribution in [0.1, 0.15) is 20.3 Å². The quantitative estimate of drug-likeness (QED) is 0.308. The van der Waals surface area contributed by atoms with Crippen LogP contribution in [0.4, 0.5) is 0 Å². The predicted molar refractivity (Wildman–Crippen MR) is 73.6 cm³/mol. The highest BCUT2D eigenvalue weighted by Crippen LogP contribution is 2.39. The van der Waals surface area contributed by atoms with E-state index in [1.165, 1.54) is 0 Å². The summed E-state index contributed by atoms with van der Waals surface area (Å²) in [6.07, 6.45) is 1.13. The second kappa shape index (κ2) is 8.12. The monoisotopic (exact) mass is 269 g/mol. The van der Waals surface area contributed by atoms with Gasteiger partial charge in [-0.2, -0.15) is 0 Å². The van der Waals surface area contributed by atoms with Gasteiger partial charge in [0.25, 0.3) is 0 Å². The second-order valence-electron chi connectivity index (χ2n) is 4.52. The molecule has 1 aliphatic rings. The first-order chi connectivity index (χ1) is 8.60. The van der Waals surface area contributed by atoms with Gasteiger partial charge in [0.1, 0.15) is 14.5 Å². The van der Waals surface area contributed by atoms with Gasteiger partial charge in [-0.1, -0.05) is 13.8 Å². The van der Waals surface area contributed by atoms with Crippen molar-refractivity contribution in [1.82, 2.24) is 0 Å². The van der Waals surface area contributed by atoms with Gasteiger partial charge in [0, 0.05) is 18.6 Å². The zero-order chi connectivity index (χ0) is 13.5. The fourth-order valence-electron chi connectivity index (χ4n) is 2.11. The Labute approximate surface area is 113 Å². The minimum atomic E-state index is -0.905. The van der Waals surface area contributed by atoms with Crippen LogP contribution in [0.25, 0.3) is 4.85 Å². The Morgan fingerprint density at radius 1 is 1.44 bits per heavy atom. The van der Waals surface area contributed by atoms with Gasteiger partial charge in [-0.05, 0) is 12.3 Å². The first-order valence-corrected chi connectivity index (χ1v) is 7.96. The van der Waals surface area contributed by atoms with Gasteiger partial charge in [0.05, 0.1) is 12.7 Å². The molecule has 100 valence electrons. The molecule has 2 radical (unpaired) electrons. The molecule has 5 atom stereocenters. The van der Waals surface area contributed by atoms with Gasteiger partial charge < -0.3 is 18.6 Å². The molecule has 0 aromatic carbocycles. The Kier molecular flexibility index (Phi) is 7.18. The number of ether oxygens (including phenoxy) is 1. The molecule has 0 aromatic heterocycles. The normalized spacial score (nSPS) is 33.2. The van der Waals surface area contributed by atoms with Crippen LogP contribution in [0.15, 0.2) is 0 Å². The first-order valence-electron chi connectivity index (χ1n) is 6.34. The van der Waals surface area contributed by atoms with E-state index in [1.807, 2.05) is 6.66 Å². The Morgan fingerprint density at radius 2 is 2.17 bits per heavy atom. The van der Waals surface area contributed by atoms with Crippen molar-refractivity contribution in [3.05, 3.63) is 11.4 Å². The van der Waals surface area contributed by atoms with Crippen LogP contribution in [0, 0.1) is 18.4 Å². The molecule has 1 aliphatic heterocycles. The van der Waals surface area contributed by atoms with E-state index in [-0.39, 0.29) is 12.1 Å². The lowest BCUT2D eigenvalue weighted by atomic mass is 9.81. The Hall–Kier alpha value is -0.135. The lowest BCUT2D eigenvalue weighted by Crippen LogP contribution is -2.24. The SMILES string of the molecule is [B][C@@H]1O[C@H](CC)C(COP(C)OCC[N+]#[C-])[C@@H]1C. The topological polar surface area (TPSA) is 32.1 Å². The van der Waals surface area contributed by atoms with E-state index in [1.54, 1.807) is 0 Å². The molecule has 18 heavy (non-hydrogen) atoms. The predicted octanol–water partition coefficient (Wildman–Crippen LogP) is 2.44. The number of nitrogens with zero attached hydrogens (tertiary/aromatic N) is 1. The van der Waals surface area contributed by atoms with Crippen LogP contribution in [0.2, 0.25) is 0 Å². The number of hydrogen-bond donors (Lipinski definition) is 0. The molecule has 6 heteroatoms. The maximum atomic E-state index is 6.67. The molecule has 0 amide bonds. The van der Waals surface area contributed by atoms with Gasteiger partial charge in [-0.25, -0.2) is 6.57 Å². The van der Waals surface area contributed by atoms with Crippen molar-refractivity contribution in [2.24, 2.45) is 11.8 Å². The summed E-state index contributed by atoms with van der Waals surface area (Å²) < 4.78 is 16.8. The van der Waals surface area contributed by atoms with Crippen molar-refractivity contribution in [2.75, 3.05) is 26.4 Å². The number of rotatable bonds is 7. The van der Waals surface area contributed by atoms with Gasteiger partial charge in [-0.3, -0.25) is 0 Å². The van der Waals surface area contributed by atoms with E-state index in [0.717, 1.165) is 6.42 Å². The summed E-state index contributed by atoms with van der Waals surface area (Å²) in [6, 6.07) is -0.185.